The van der Waals surface area contributed by atoms with Crippen molar-refractivity contribution in [3.05, 3.63) is 59.7 Å². The van der Waals surface area contributed by atoms with Gasteiger partial charge in [-0.05, 0) is 30.2 Å². The highest BCUT2D eigenvalue weighted by Crippen LogP contribution is 2.37. The van der Waals surface area contributed by atoms with Crippen LogP contribution in [0.2, 0.25) is 0 Å². The van der Waals surface area contributed by atoms with E-state index in [2.05, 4.69) is 6.07 Å². The third-order valence-electron chi connectivity index (χ3n) is 3.64. The number of amides is 1. The first-order valence-electron chi connectivity index (χ1n) is 7.02. The number of anilines is 1. The molecule has 1 aliphatic heterocycles. The first-order valence-corrected chi connectivity index (χ1v) is 8.00. The van der Waals surface area contributed by atoms with Gasteiger partial charge in [-0.3, -0.25) is 4.79 Å². The Balaban J connectivity index is 1.94. The number of thioether (sulfide) groups is 1. The molecule has 0 radical (unpaired) electrons. The second kappa shape index (κ2) is 5.92. The molecule has 0 bridgehead atoms. The van der Waals surface area contributed by atoms with E-state index in [4.69, 9.17) is 5.73 Å². The lowest BCUT2D eigenvalue weighted by molar-refractivity contribution is -0.116. The molecule has 1 amide bonds. The maximum absolute atomic E-state index is 12.3. The van der Waals surface area contributed by atoms with E-state index in [0.717, 1.165) is 21.7 Å². The average molecular weight is 298 g/mol. The van der Waals surface area contributed by atoms with Crippen LogP contribution in [-0.2, 0) is 11.3 Å². The van der Waals surface area contributed by atoms with E-state index in [1.165, 1.54) is 0 Å². The van der Waals surface area contributed by atoms with E-state index in [-0.39, 0.29) is 11.9 Å². The molecule has 1 heterocycles. The van der Waals surface area contributed by atoms with Crippen molar-refractivity contribution in [2.24, 2.45) is 5.73 Å². The minimum absolute atomic E-state index is 0.0103. The van der Waals surface area contributed by atoms with Crippen LogP contribution in [0.1, 0.15) is 24.1 Å². The second-order valence-corrected chi connectivity index (χ2v) is 6.29. The van der Waals surface area contributed by atoms with Crippen molar-refractivity contribution in [1.29, 1.82) is 0 Å². The number of carbonyl (C=O) groups excluding carboxylic acids is 1. The number of nitrogens with two attached hydrogens (primary N) is 1. The molecule has 3 rings (SSSR count). The fraction of sp³-hybridized carbons (Fsp3) is 0.235. The van der Waals surface area contributed by atoms with Crippen LogP contribution in [0, 0.1) is 0 Å². The quantitative estimate of drug-likeness (QED) is 0.945. The number of rotatable bonds is 3. The molecule has 4 heteroatoms. The highest BCUT2D eigenvalue weighted by atomic mass is 32.2. The fourth-order valence-electron chi connectivity index (χ4n) is 2.44. The van der Waals surface area contributed by atoms with Crippen LogP contribution in [0.4, 0.5) is 5.69 Å². The van der Waals surface area contributed by atoms with E-state index in [0.29, 0.717) is 12.3 Å². The van der Waals surface area contributed by atoms with Gasteiger partial charge in [0, 0.05) is 10.9 Å². The Bertz CT molecular complexity index is 655. The zero-order valence-corrected chi connectivity index (χ0v) is 12.8. The predicted molar refractivity (Wildman–Crippen MR) is 87.4 cm³/mol. The van der Waals surface area contributed by atoms with Gasteiger partial charge >= 0.3 is 0 Å². The number of nitrogens with zero attached hydrogens (tertiary/aromatic N) is 1. The van der Waals surface area contributed by atoms with Crippen LogP contribution >= 0.6 is 11.8 Å². The van der Waals surface area contributed by atoms with Crippen molar-refractivity contribution >= 4 is 23.4 Å². The van der Waals surface area contributed by atoms with Gasteiger partial charge in [-0.1, -0.05) is 36.4 Å². The summed E-state index contributed by atoms with van der Waals surface area (Å²) in [6.07, 6.45) is 0. The van der Waals surface area contributed by atoms with Gasteiger partial charge in [0.25, 0.3) is 0 Å². The molecule has 21 heavy (non-hydrogen) atoms. The highest BCUT2D eigenvalue weighted by Gasteiger charge is 2.25. The molecule has 2 N–H and O–H groups in total. The summed E-state index contributed by atoms with van der Waals surface area (Å²) in [5.41, 5.74) is 9.18. The lowest BCUT2D eigenvalue weighted by Crippen LogP contribution is -2.34. The lowest BCUT2D eigenvalue weighted by atomic mass is 10.1. The SMILES string of the molecule is CC(N)c1ccc2c(c1)SCC(=O)N2Cc1ccccc1. The molecule has 0 aromatic heterocycles. The van der Waals surface area contributed by atoms with E-state index in [1.54, 1.807) is 11.8 Å². The van der Waals surface area contributed by atoms with Gasteiger partial charge < -0.3 is 10.6 Å². The Kier molecular flexibility index (Phi) is 3.99. The summed E-state index contributed by atoms with van der Waals surface area (Å²) in [7, 11) is 0. The van der Waals surface area contributed by atoms with Gasteiger partial charge in [-0.15, -0.1) is 11.8 Å². The average Bonchev–Trinajstić information content (AvgIpc) is 2.50. The number of fused-ring (bicyclic) bond motifs is 1. The Hall–Kier alpha value is -1.78. The molecule has 0 aliphatic carbocycles. The van der Waals surface area contributed by atoms with E-state index < -0.39 is 0 Å². The zero-order chi connectivity index (χ0) is 14.8. The van der Waals surface area contributed by atoms with Crippen molar-refractivity contribution in [3.8, 4) is 0 Å². The Labute approximate surface area is 129 Å². The smallest absolute Gasteiger partial charge is 0.237 e. The summed E-state index contributed by atoms with van der Waals surface area (Å²) < 4.78 is 0. The molecule has 1 aliphatic rings. The van der Waals surface area contributed by atoms with Crippen molar-refractivity contribution in [2.45, 2.75) is 24.4 Å². The van der Waals surface area contributed by atoms with Gasteiger partial charge in [-0.2, -0.15) is 0 Å². The maximum atomic E-state index is 12.3. The number of carbonyl (C=O) groups is 1. The van der Waals surface area contributed by atoms with Crippen LogP contribution < -0.4 is 10.6 Å². The summed E-state index contributed by atoms with van der Waals surface area (Å²) in [5, 5.41) is 0. The molecular weight excluding hydrogens is 280 g/mol. The summed E-state index contributed by atoms with van der Waals surface area (Å²) in [6.45, 7) is 2.59. The van der Waals surface area contributed by atoms with Gasteiger partial charge in [0.1, 0.15) is 0 Å². The molecule has 0 spiro atoms. The first-order chi connectivity index (χ1) is 10.1. The second-order valence-electron chi connectivity index (χ2n) is 5.27. The van der Waals surface area contributed by atoms with Crippen molar-refractivity contribution < 1.29 is 4.79 Å². The van der Waals surface area contributed by atoms with Crippen LogP contribution in [0.3, 0.4) is 0 Å². The molecular formula is C17H18N2OS. The molecule has 0 fully saturated rings. The maximum Gasteiger partial charge on any atom is 0.237 e. The largest absolute Gasteiger partial charge is 0.324 e. The summed E-state index contributed by atoms with van der Waals surface area (Å²) in [4.78, 5) is 15.3. The van der Waals surface area contributed by atoms with Gasteiger partial charge in [0.2, 0.25) is 5.91 Å². The molecule has 1 unspecified atom stereocenters. The zero-order valence-electron chi connectivity index (χ0n) is 12.0. The van der Waals surface area contributed by atoms with E-state index >= 15 is 0 Å². The van der Waals surface area contributed by atoms with Crippen LogP contribution in [0.5, 0.6) is 0 Å². The number of hydrogen-bond donors (Lipinski definition) is 1. The minimum Gasteiger partial charge on any atom is -0.324 e. The van der Waals surface area contributed by atoms with Gasteiger partial charge in [0.05, 0.1) is 18.0 Å². The predicted octanol–water partition coefficient (Wildman–Crippen LogP) is 3.35. The first kappa shape index (κ1) is 14.2. The Morgan fingerprint density at radius 1 is 1.24 bits per heavy atom. The Morgan fingerprint density at radius 2 is 2.00 bits per heavy atom. The fourth-order valence-corrected chi connectivity index (χ4v) is 3.42. The molecule has 2 aromatic carbocycles. The topological polar surface area (TPSA) is 46.3 Å². The van der Waals surface area contributed by atoms with Crippen LogP contribution in [0.15, 0.2) is 53.4 Å². The summed E-state index contributed by atoms with van der Waals surface area (Å²) >= 11 is 1.60. The Morgan fingerprint density at radius 3 is 2.71 bits per heavy atom. The standard InChI is InChI=1S/C17H18N2OS/c1-12(18)14-7-8-15-16(9-14)21-11-17(20)19(15)10-13-5-3-2-4-6-13/h2-9,12H,10-11,18H2,1H3. The monoisotopic (exact) mass is 298 g/mol. The van der Waals surface area contributed by atoms with Crippen LogP contribution in [0.25, 0.3) is 0 Å². The summed E-state index contributed by atoms with van der Waals surface area (Å²) in [5.74, 6) is 0.646. The molecule has 108 valence electrons. The van der Waals surface area contributed by atoms with Crippen molar-refractivity contribution in [1.82, 2.24) is 0 Å². The third-order valence-corrected chi connectivity index (χ3v) is 4.67. The minimum atomic E-state index is 0.0103. The van der Waals surface area contributed by atoms with E-state index in [1.807, 2.05) is 54.3 Å². The summed E-state index contributed by atoms with van der Waals surface area (Å²) in [6, 6.07) is 16.2. The molecule has 0 saturated heterocycles. The molecule has 0 saturated carbocycles. The lowest BCUT2D eigenvalue weighted by Gasteiger charge is -2.29. The van der Waals surface area contributed by atoms with Gasteiger partial charge in [0.15, 0.2) is 0 Å². The van der Waals surface area contributed by atoms with Crippen molar-refractivity contribution in [2.75, 3.05) is 10.7 Å². The molecule has 2 aromatic rings. The van der Waals surface area contributed by atoms with Gasteiger partial charge in [-0.25, -0.2) is 0 Å². The van der Waals surface area contributed by atoms with E-state index in [9.17, 15) is 4.79 Å². The highest BCUT2D eigenvalue weighted by molar-refractivity contribution is 8.00. The number of benzene rings is 2. The third kappa shape index (κ3) is 2.96. The number of hydrogen-bond acceptors (Lipinski definition) is 3. The molecule has 3 nitrogen and oxygen atoms in total. The molecule has 1 atom stereocenters. The van der Waals surface area contributed by atoms with Crippen molar-refractivity contribution in [3.63, 3.8) is 0 Å². The normalized spacial score (nSPS) is 15.7. The van der Waals surface area contributed by atoms with Crippen LogP contribution in [-0.4, -0.2) is 11.7 Å².